The zero-order chi connectivity index (χ0) is 11.2. The van der Waals surface area contributed by atoms with Crippen LogP contribution in [0.1, 0.15) is 5.56 Å². The van der Waals surface area contributed by atoms with Gasteiger partial charge >= 0.3 is 0 Å². The van der Waals surface area contributed by atoms with E-state index < -0.39 is 0 Å². The molecule has 16 heavy (non-hydrogen) atoms. The van der Waals surface area contributed by atoms with Crippen LogP contribution in [0.3, 0.4) is 0 Å². The predicted molar refractivity (Wildman–Crippen MR) is 65.9 cm³/mol. The largest absolute Gasteiger partial charge is 0.311 e. The minimum Gasteiger partial charge on any atom is -0.311 e. The Kier molecular flexibility index (Phi) is 4.07. The van der Waals surface area contributed by atoms with Gasteiger partial charge < -0.3 is 5.32 Å². The van der Waals surface area contributed by atoms with Gasteiger partial charge in [-0.05, 0) is 17.7 Å². The first kappa shape index (κ1) is 11.3. The molecule has 0 saturated carbocycles. The highest BCUT2D eigenvalue weighted by atomic mass is 79.9. The van der Waals surface area contributed by atoms with Gasteiger partial charge in [0.05, 0.1) is 6.54 Å². The Morgan fingerprint density at radius 3 is 3.06 bits per heavy atom. The molecule has 0 aliphatic heterocycles. The molecule has 1 aromatic heterocycles. The minimum atomic E-state index is 0.841. The molecule has 0 atom stereocenters. The van der Waals surface area contributed by atoms with Gasteiger partial charge in [-0.15, -0.1) is 0 Å². The molecule has 1 heterocycles. The van der Waals surface area contributed by atoms with Gasteiger partial charge in [0, 0.05) is 17.6 Å². The summed E-state index contributed by atoms with van der Waals surface area (Å²) < 4.78 is 2.93. The van der Waals surface area contributed by atoms with E-state index in [1.54, 1.807) is 12.7 Å². The van der Waals surface area contributed by atoms with Crippen LogP contribution in [0.25, 0.3) is 0 Å². The summed E-state index contributed by atoms with van der Waals surface area (Å²) in [6.07, 6.45) is 3.27. The van der Waals surface area contributed by atoms with Crippen molar-refractivity contribution < 1.29 is 0 Å². The van der Waals surface area contributed by atoms with Gasteiger partial charge in [0.1, 0.15) is 12.7 Å². The molecular weight excluding hydrogens is 268 g/mol. The van der Waals surface area contributed by atoms with Crippen LogP contribution in [-0.4, -0.2) is 21.3 Å². The van der Waals surface area contributed by atoms with Gasteiger partial charge in [-0.1, -0.05) is 28.1 Å². The summed E-state index contributed by atoms with van der Waals surface area (Å²) in [6.45, 7) is 2.60. The summed E-state index contributed by atoms with van der Waals surface area (Å²) in [5, 5.41) is 7.39. The predicted octanol–water partition coefficient (Wildman–Crippen LogP) is 1.83. The summed E-state index contributed by atoms with van der Waals surface area (Å²) in [7, 11) is 0. The molecular formula is C11H13BrN4. The van der Waals surface area contributed by atoms with Crippen molar-refractivity contribution in [2.45, 2.75) is 13.1 Å². The maximum Gasteiger partial charge on any atom is 0.137 e. The van der Waals surface area contributed by atoms with E-state index in [2.05, 4.69) is 43.5 Å². The van der Waals surface area contributed by atoms with E-state index in [-0.39, 0.29) is 0 Å². The summed E-state index contributed by atoms with van der Waals surface area (Å²) >= 11 is 3.45. The molecule has 0 fully saturated rings. The molecule has 0 amide bonds. The molecule has 1 aromatic carbocycles. The van der Waals surface area contributed by atoms with Crippen molar-refractivity contribution in [2.24, 2.45) is 0 Å². The molecule has 2 aromatic rings. The first-order valence-electron chi connectivity index (χ1n) is 5.12. The molecule has 0 bridgehead atoms. The number of nitrogens with zero attached hydrogens (tertiary/aromatic N) is 3. The lowest BCUT2D eigenvalue weighted by molar-refractivity contribution is 0.553. The van der Waals surface area contributed by atoms with E-state index in [4.69, 9.17) is 0 Å². The second-order valence-corrected chi connectivity index (χ2v) is 4.38. The molecule has 0 saturated heterocycles. The lowest BCUT2D eigenvalue weighted by Crippen LogP contribution is -2.19. The fraction of sp³-hybridized carbons (Fsp3) is 0.273. The third kappa shape index (κ3) is 3.43. The molecule has 4 nitrogen and oxygen atoms in total. The molecule has 2 rings (SSSR count). The summed E-state index contributed by atoms with van der Waals surface area (Å²) in [5.74, 6) is 0. The number of nitrogens with one attached hydrogen (secondary N) is 1. The number of rotatable bonds is 5. The van der Waals surface area contributed by atoms with Crippen LogP contribution in [0.15, 0.2) is 41.4 Å². The second kappa shape index (κ2) is 5.77. The number of aromatic nitrogens is 3. The van der Waals surface area contributed by atoms with Crippen molar-refractivity contribution >= 4 is 15.9 Å². The minimum absolute atomic E-state index is 0.841. The molecule has 5 heteroatoms. The zero-order valence-electron chi connectivity index (χ0n) is 8.81. The highest BCUT2D eigenvalue weighted by molar-refractivity contribution is 9.10. The number of hydrogen-bond acceptors (Lipinski definition) is 3. The van der Waals surface area contributed by atoms with Gasteiger partial charge in [0.15, 0.2) is 0 Å². The van der Waals surface area contributed by atoms with Gasteiger partial charge in [-0.25, -0.2) is 4.98 Å². The second-order valence-electron chi connectivity index (χ2n) is 3.47. The quantitative estimate of drug-likeness (QED) is 0.850. The summed E-state index contributed by atoms with van der Waals surface area (Å²) in [5.41, 5.74) is 1.27. The topological polar surface area (TPSA) is 42.7 Å². The lowest BCUT2D eigenvalue weighted by Gasteiger charge is -2.05. The Bertz CT molecular complexity index is 427. The van der Waals surface area contributed by atoms with Gasteiger partial charge in [0.25, 0.3) is 0 Å². The van der Waals surface area contributed by atoms with E-state index >= 15 is 0 Å². The third-order valence-corrected chi connectivity index (χ3v) is 2.70. The Balaban J connectivity index is 1.72. The van der Waals surface area contributed by atoms with Crippen molar-refractivity contribution in [3.63, 3.8) is 0 Å². The monoisotopic (exact) mass is 280 g/mol. The Morgan fingerprint density at radius 1 is 1.38 bits per heavy atom. The van der Waals surface area contributed by atoms with Crippen LogP contribution in [0, 0.1) is 0 Å². The van der Waals surface area contributed by atoms with Crippen molar-refractivity contribution in [1.82, 2.24) is 20.1 Å². The lowest BCUT2D eigenvalue weighted by atomic mass is 10.2. The van der Waals surface area contributed by atoms with Crippen molar-refractivity contribution in [2.75, 3.05) is 6.54 Å². The first-order valence-corrected chi connectivity index (χ1v) is 5.91. The molecule has 0 spiro atoms. The fourth-order valence-corrected chi connectivity index (χ4v) is 1.87. The van der Waals surface area contributed by atoms with Crippen molar-refractivity contribution in [1.29, 1.82) is 0 Å². The van der Waals surface area contributed by atoms with Crippen LogP contribution in [0.5, 0.6) is 0 Å². The highest BCUT2D eigenvalue weighted by Crippen LogP contribution is 2.11. The van der Waals surface area contributed by atoms with Crippen LogP contribution >= 0.6 is 15.9 Å². The van der Waals surface area contributed by atoms with Gasteiger partial charge in [-0.2, -0.15) is 5.10 Å². The standard InChI is InChI=1S/C11H13BrN4/c12-11-3-1-2-10(6-11)7-13-4-5-16-9-14-8-15-16/h1-3,6,8-9,13H,4-5,7H2. The van der Waals surface area contributed by atoms with Crippen molar-refractivity contribution in [3.8, 4) is 0 Å². The Labute approximate surface area is 103 Å². The molecule has 84 valence electrons. The Hall–Kier alpha value is -1.20. The number of halogens is 1. The van der Waals surface area contributed by atoms with Crippen LogP contribution in [0.4, 0.5) is 0 Å². The molecule has 1 N–H and O–H groups in total. The smallest absolute Gasteiger partial charge is 0.137 e. The van der Waals surface area contributed by atoms with Crippen LogP contribution in [-0.2, 0) is 13.1 Å². The molecule has 0 radical (unpaired) electrons. The van der Waals surface area contributed by atoms with Gasteiger partial charge in [-0.3, -0.25) is 4.68 Å². The van der Waals surface area contributed by atoms with E-state index in [1.165, 1.54) is 5.56 Å². The van der Waals surface area contributed by atoms with Gasteiger partial charge in [0.2, 0.25) is 0 Å². The van der Waals surface area contributed by atoms with E-state index in [0.29, 0.717) is 0 Å². The first-order chi connectivity index (χ1) is 7.84. The van der Waals surface area contributed by atoms with Crippen LogP contribution in [0.2, 0.25) is 0 Å². The molecule has 0 aliphatic carbocycles. The highest BCUT2D eigenvalue weighted by Gasteiger charge is 1.94. The van der Waals surface area contributed by atoms with Crippen molar-refractivity contribution in [3.05, 3.63) is 47.0 Å². The maximum absolute atomic E-state index is 4.03. The molecule has 0 aliphatic rings. The normalized spacial score (nSPS) is 10.6. The third-order valence-electron chi connectivity index (χ3n) is 2.20. The van der Waals surface area contributed by atoms with E-state index in [0.717, 1.165) is 24.1 Å². The summed E-state index contributed by atoms with van der Waals surface area (Å²) in [4.78, 5) is 3.89. The number of benzene rings is 1. The number of hydrogen-bond donors (Lipinski definition) is 1. The SMILES string of the molecule is Brc1cccc(CNCCn2cncn2)c1. The summed E-state index contributed by atoms with van der Waals surface area (Å²) in [6, 6.07) is 8.28. The maximum atomic E-state index is 4.03. The molecule has 0 unspecified atom stereocenters. The van der Waals surface area contributed by atoms with Crippen LogP contribution < -0.4 is 5.32 Å². The average molecular weight is 281 g/mol. The van der Waals surface area contributed by atoms with E-state index in [9.17, 15) is 0 Å². The zero-order valence-corrected chi connectivity index (χ0v) is 10.4. The fourth-order valence-electron chi connectivity index (χ4n) is 1.42. The van der Waals surface area contributed by atoms with E-state index in [1.807, 2.05) is 16.8 Å². The Morgan fingerprint density at radius 2 is 2.31 bits per heavy atom. The average Bonchev–Trinajstić information content (AvgIpc) is 2.77.